The Morgan fingerprint density at radius 1 is 1.11 bits per heavy atom. The molecule has 0 aliphatic carbocycles. The number of hydrogen-bond acceptors (Lipinski definition) is 1. The number of hydrogen-bond donors (Lipinski definition) is 1. The Morgan fingerprint density at radius 3 is 2.47 bits per heavy atom. The van der Waals surface area contributed by atoms with Crippen LogP contribution in [0, 0.1) is 5.92 Å². The first kappa shape index (κ1) is 16.2. The molecule has 19 heavy (non-hydrogen) atoms. The Kier molecular flexibility index (Phi) is 7.15. The Hall–Kier alpha value is -0.820. The van der Waals surface area contributed by atoms with Gasteiger partial charge in [0.2, 0.25) is 0 Å². The molecule has 0 aliphatic heterocycles. The van der Waals surface area contributed by atoms with Gasteiger partial charge in [-0.15, -0.1) is 0 Å². The summed E-state index contributed by atoms with van der Waals surface area (Å²) in [6, 6.07) is 9.75. The maximum Gasteiger partial charge on any atom is 0.00444 e. The van der Waals surface area contributed by atoms with Crippen LogP contribution in [0.4, 0.5) is 0 Å². The minimum Gasteiger partial charge on any atom is -0.314 e. The van der Waals surface area contributed by atoms with Gasteiger partial charge in [-0.3, -0.25) is 0 Å². The van der Waals surface area contributed by atoms with Crippen molar-refractivity contribution in [1.29, 1.82) is 0 Å². The van der Waals surface area contributed by atoms with E-state index < -0.39 is 0 Å². The molecule has 0 heterocycles. The highest BCUT2D eigenvalue weighted by molar-refractivity contribution is 5.26. The largest absolute Gasteiger partial charge is 0.314 e. The smallest absolute Gasteiger partial charge is 0.00444 e. The molecule has 1 N–H and O–H groups in total. The Labute approximate surface area is 119 Å². The highest BCUT2D eigenvalue weighted by Crippen LogP contribution is 2.22. The second-order valence-electron chi connectivity index (χ2n) is 6.33. The van der Waals surface area contributed by atoms with Gasteiger partial charge in [-0.05, 0) is 55.7 Å². The van der Waals surface area contributed by atoms with Crippen molar-refractivity contribution in [2.24, 2.45) is 5.92 Å². The topological polar surface area (TPSA) is 12.0 Å². The third-order valence-corrected chi connectivity index (χ3v) is 3.61. The second kappa shape index (κ2) is 8.37. The summed E-state index contributed by atoms with van der Waals surface area (Å²) in [4.78, 5) is 0. The molecule has 0 aromatic heterocycles. The van der Waals surface area contributed by atoms with E-state index in [0.29, 0.717) is 12.0 Å². The molecule has 0 saturated carbocycles. The molecule has 2 atom stereocenters. The highest BCUT2D eigenvalue weighted by Gasteiger charge is 2.11. The predicted octanol–water partition coefficient (Wildman–Crippen LogP) is 4.77. The summed E-state index contributed by atoms with van der Waals surface area (Å²) in [5, 5.41) is 3.58. The SMILES string of the molecule is CCCNC(C)CC(C)c1cccc(CC(C)C)c1. The van der Waals surface area contributed by atoms with Crippen molar-refractivity contribution >= 4 is 0 Å². The summed E-state index contributed by atoms with van der Waals surface area (Å²) in [5.41, 5.74) is 2.97. The van der Waals surface area contributed by atoms with Crippen molar-refractivity contribution in [3.63, 3.8) is 0 Å². The van der Waals surface area contributed by atoms with Gasteiger partial charge < -0.3 is 5.32 Å². The Balaban J connectivity index is 2.58. The zero-order chi connectivity index (χ0) is 14.3. The van der Waals surface area contributed by atoms with E-state index in [1.165, 1.54) is 30.4 Å². The van der Waals surface area contributed by atoms with Gasteiger partial charge in [0.1, 0.15) is 0 Å². The van der Waals surface area contributed by atoms with Gasteiger partial charge in [0, 0.05) is 6.04 Å². The molecule has 0 radical (unpaired) electrons. The predicted molar refractivity (Wildman–Crippen MR) is 85.8 cm³/mol. The van der Waals surface area contributed by atoms with Crippen molar-refractivity contribution in [1.82, 2.24) is 5.32 Å². The summed E-state index contributed by atoms with van der Waals surface area (Å²) in [6.07, 6.45) is 3.61. The first-order valence-electron chi connectivity index (χ1n) is 7.85. The van der Waals surface area contributed by atoms with Gasteiger partial charge in [-0.25, -0.2) is 0 Å². The molecule has 0 aliphatic rings. The van der Waals surface area contributed by atoms with Gasteiger partial charge >= 0.3 is 0 Å². The lowest BCUT2D eigenvalue weighted by Crippen LogP contribution is -2.28. The van der Waals surface area contributed by atoms with Crippen LogP contribution in [0.5, 0.6) is 0 Å². The maximum absolute atomic E-state index is 3.58. The summed E-state index contributed by atoms with van der Waals surface area (Å²) >= 11 is 0. The molecule has 108 valence electrons. The van der Waals surface area contributed by atoms with E-state index in [4.69, 9.17) is 0 Å². The van der Waals surface area contributed by atoms with Gasteiger partial charge in [0.25, 0.3) is 0 Å². The molecular formula is C18H31N. The average Bonchev–Trinajstić information content (AvgIpc) is 2.35. The van der Waals surface area contributed by atoms with Crippen molar-refractivity contribution in [2.45, 2.75) is 65.8 Å². The van der Waals surface area contributed by atoms with Crippen LogP contribution in [0.3, 0.4) is 0 Å². The number of nitrogens with one attached hydrogen (secondary N) is 1. The number of rotatable bonds is 8. The van der Waals surface area contributed by atoms with Crippen LogP contribution in [0.2, 0.25) is 0 Å². The zero-order valence-electron chi connectivity index (χ0n) is 13.4. The third-order valence-electron chi connectivity index (χ3n) is 3.61. The van der Waals surface area contributed by atoms with Crippen LogP contribution < -0.4 is 5.32 Å². The molecule has 2 unspecified atom stereocenters. The van der Waals surface area contributed by atoms with E-state index >= 15 is 0 Å². The van der Waals surface area contributed by atoms with Crippen molar-refractivity contribution in [2.75, 3.05) is 6.54 Å². The highest BCUT2D eigenvalue weighted by atomic mass is 14.9. The van der Waals surface area contributed by atoms with E-state index in [0.717, 1.165) is 12.5 Å². The van der Waals surface area contributed by atoms with E-state index in [1.54, 1.807) is 0 Å². The van der Waals surface area contributed by atoms with E-state index in [1.807, 2.05) is 0 Å². The quantitative estimate of drug-likeness (QED) is 0.711. The zero-order valence-corrected chi connectivity index (χ0v) is 13.4. The van der Waals surface area contributed by atoms with Gasteiger partial charge in [-0.1, -0.05) is 52.0 Å². The van der Waals surface area contributed by atoms with E-state index in [2.05, 4.69) is 64.2 Å². The molecule has 1 heteroatoms. The number of benzene rings is 1. The van der Waals surface area contributed by atoms with E-state index in [-0.39, 0.29) is 0 Å². The fraction of sp³-hybridized carbons (Fsp3) is 0.667. The minimum atomic E-state index is 0.601. The standard InChI is InChI=1S/C18H31N/c1-6-10-19-16(5)12-15(4)18-9-7-8-17(13-18)11-14(2)3/h7-9,13-16,19H,6,10-12H2,1-5H3. The molecule has 1 rings (SSSR count). The van der Waals surface area contributed by atoms with Crippen LogP contribution in [0.15, 0.2) is 24.3 Å². The van der Waals surface area contributed by atoms with Crippen LogP contribution in [0.1, 0.15) is 64.5 Å². The lowest BCUT2D eigenvalue weighted by molar-refractivity contribution is 0.479. The minimum absolute atomic E-state index is 0.601. The molecule has 0 fully saturated rings. The van der Waals surface area contributed by atoms with Gasteiger partial charge in [0.05, 0.1) is 0 Å². The summed E-state index contributed by atoms with van der Waals surface area (Å²) in [6.45, 7) is 12.6. The first-order chi connectivity index (χ1) is 9.02. The average molecular weight is 261 g/mol. The monoisotopic (exact) mass is 261 g/mol. The molecule has 1 aromatic rings. The second-order valence-corrected chi connectivity index (χ2v) is 6.33. The van der Waals surface area contributed by atoms with Crippen LogP contribution in [-0.4, -0.2) is 12.6 Å². The van der Waals surface area contributed by atoms with Crippen molar-refractivity contribution in [3.8, 4) is 0 Å². The van der Waals surface area contributed by atoms with Crippen molar-refractivity contribution < 1.29 is 0 Å². The molecule has 1 aromatic carbocycles. The first-order valence-corrected chi connectivity index (χ1v) is 7.85. The van der Waals surface area contributed by atoms with Gasteiger partial charge in [0.15, 0.2) is 0 Å². The molecular weight excluding hydrogens is 230 g/mol. The molecule has 0 spiro atoms. The van der Waals surface area contributed by atoms with Gasteiger partial charge in [-0.2, -0.15) is 0 Å². The summed E-state index contributed by atoms with van der Waals surface area (Å²) < 4.78 is 0. The fourth-order valence-corrected chi connectivity index (χ4v) is 2.64. The maximum atomic E-state index is 3.58. The Bertz CT molecular complexity index is 356. The van der Waals surface area contributed by atoms with E-state index in [9.17, 15) is 0 Å². The molecule has 0 bridgehead atoms. The van der Waals surface area contributed by atoms with Crippen LogP contribution >= 0.6 is 0 Å². The fourth-order valence-electron chi connectivity index (χ4n) is 2.64. The lowest BCUT2D eigenvalue weighted by atomic mass is 9.91. The lowest BCUT2D eigenvalue weighted by Gasteiger charge is -2.19. The summed E-state index contributed by atoms with van der Waals surface area (Å²) in [5.74, 6) is 1.36. The van der Waals surface area contributed by atoms with Crippen molar-refractivity contribution in [3.05, 3.63) is 35.4 Å². The van der Waals surface area contributed by atoms with Crippen LogP contribution in [-0.2, 0) is 6.42 Å². The summed E-state index contributed by atoms with van der Waals surface area (Å²) in [7, 11) is 0. The Morgan fingerprint density at radius 2 is 1.84 bits per heavy atom. The molecule has 0 amide bonds. The molecule has 1 nitrogen and oxygen atoms in total. The third kappa shape index (κ3) is 6.24. The normalized spacial score (nSPS) is 14.6. The van der Waals surface area contributed by atoms with Crippen LogP contribution in [0.25, 0.3) is 0 Å². The molecule has 0 saturated heterocycles.